The maximum Gasteiger partial charge on any atom is 0.248 e. The van der Waals surface area contributed by atoms with Gasteiger partial charge in [0.05, 0.1) is 6.10 Å². The van der Waals surface area contributed by atoms with E-state index < -0.39 is 10.0 Å². The number of sulfonamides is 1. The Morgan fingerprint density at radius 3 is 2.70 bits per heavy atom. The number of rotatable bonds is 5. The van der Waals surface area contributed by atoms with Crippen LogP contribution in [-0.2, 0) is 14.8 Å². The van der Waals surface area contributed by atoms with Crippen LogP contribution in [0.15, 0.2) is 9.42 Å². The Balaban J connectivity index is 1.69. The van der Waals surface area contributed by atoms with E-state index in [2.05, 4.69) is 5.16 Å². The van der Waals surface area contributed by atoms with Gasteiger partial charge in [0.1, 0.15) is 10.6 Å². The van der Waals surface area contributed by atoms with Crippen molar-refractivity contribution in [3.8, 4) is 0 Å². The van der Waals surface area contributed by atoms with Crippen molar-refractivity contribution in [1.29, 1.82) is 0 Å². The molecule has 2 fully saturated rings. The summed E-state index contributed by atoms with van der Waals surface area (Å²) in [5.74, 6) is 1.05. The van der Waals surface area contributed by atoms with Gasteiger partial charge in [-0.25, -0.2) is 8.42 Å². The fourth-order valence-corrected chi connectivity index (χ4v) is 4.36. The van der Waals surface area contributed by atoms with Gasteiger partial charge < -0.3 is 9.26 Å². The lowest BCUT2D eigenvalue weighted by Crippen LogP contribution is -2.31. The molecule has 0 spiro atoms. The van der Waals surface area contributed by atoms with Crippen molar-refractivity contribution in [3.63, 3.8) is 0 Å². The van der Waals surface area contributed by atoms with Crippen molar-refractivity contribution in [2.45, 2.75) is 44.1 Å². The van der Waals surface area contributed by atoms with Crippen LogP contribution in [0.1, 0.15) is 30.7 Å². The third-order valence-electron chi connectivity index (χ3n) is 3.94. The zero-order valence-electron chi connectivity index (χ0n) is 11.8. The largest absolute Gasteiger partial charge is 0.377 e. The summed E-state index contributed by atoms with van der Waals surface area (Å²) in [5, 5.41) is 3.73. The second-order valence-electron chi connectivity index (χ2n) is 5.70. The van der Waals surface area contributed by atoms with Crippen molar-refractivity contribution in [2.24, 2.45) is 5.92 Å². The van der Waals surface area contributed by atoms with E-state index in [4.69, 9.17) is 9.26 Å². The Labute approximate surface area is 119 Å². The van der Waals surface area contributed by atoms with Gasteiger partial charge in [-0.05, 0) is 39.0 Å². The van der Waals surface area contributed by atoms with Crippen LogP contribution in [0.25, 0.3) is 0 Å². The van der Waals surface area contributed by atoms with E-state index in [0.717, 1.165) is 13.0 Å². The lowest BCUT2D eigenvalue weighted by atomic mass is 10.3. The summed E-state index contributed by atoms with van der Waals surface area (Å²) in [6.45, 7) is 4.98. The Morgan fingerprint density at radius 1 is 1.35 bits per heavy atom. The minimum Gasteiger partial charge on any atom is -0.377 e. The van der Waals surface area contributed by atoms with Gasteiger partial charge >= 0.3 is 0 Å². The zero-order valence-corrected chi connectivity index (χ0v) is 12.6. The second-order valence-corrected chi connectivity index (χ2v) is 7.58. The molecule has 1 aromatic rings. The number of hydrogen-bond donors (Lipinski definition) is 0. The summed E-state index contributed by atoms with van der Waals surface area (Å²) < 4.78 is 37.4. The number of hydrogen-bond acceptors (Lipinski definition) is 5. The Kier molecular flexibility index (Phi) is 3.60. The molecular weight excluding hydrogens is 280 g/mol. The zero-order chi connectivity index (χ0) is 14.3. The molecule has 0 amide bonds. The highest BCUT2D eigenvalue weighted by atomic mass is 32.2. The first-order chi connectivity index (χ1) is 9.48. The van der Waals surface area contributed by atoms with Gasteiger partial charge in [-0.15, -0.1) is 0 Å². The van der Waals surface area contributed by atoms with Crippen LogP contribution in [0, 0.1) is 19.8 Å². The summed E-state index contributed by atoms with van der Waals surface area (Å²) >= 11 is 0. The topological polar surface area (TPSA) is 72.6 Å². The van der Waals surface area contributed by atoms with Gasteiger partial charge in [-0.2, -0.15) is 4.31 Å². The number of nitrogens with zero attached hydrogens (tertiary/aromatic N) is 2. The van der Waals surface area contributed by atoms with Crippen LogP contribution in [0.5, 0.6) is 0 Å². The number of aromatic nitrogens is 1. The van der Waals surface area contributed by atoms with Gasteiger partial charge in [-0.3, -0.25) is 0 Å². The normalized spacial score (nSPS) is 24.4. The van der Waals surface area contributed by atoms with Crippen LogP contribution in [0.2, 0.25) is 0 Å². The molecule has 3 rings (SSSR count). The minimum absolute atomic E-state index is 0.0193. The van der Waals surface area contributed by atoms with Gasteiger partial charge in [0.2, 0.25) is 10.0 Å². The molecule has 1 atom stereocenters. The van der Waals surface area contributed by atoms with Crippen molar-refractivity contribution in [2.75, 3.05) is 19.7 Å². The first-order valence-electron chi connectivity index (χ1n) is 7.03. The van der Waals surface area contributed by atoms with E-state index in [9.17, 15) is 8.42 Å². The highest BCUT2D eigenvalue weighted by molar-refractivity contribution is 7.89. The van der Waals surface area contributed by atoms with Gasteiger partial charge in [0.15, 0.2) is 5.76 Å². The molecule has 6 nitrogen and oxygen atoms in total. The summed E-state index contributed by atoms with van der Waals surface area (Å²) in [6, 6.07) is 0. The maximum atomic E-state index is 12.6. The molecule has 1 saturated heterocycles. The van der Waals surface area contributed by atoms with Crippen molar-refractivity contribution in [1.82, 2.24) is 9.46 Å². The van der Waals surface area contributed by atoms with E-state index in [-0.39, 0.29) is 11.0 Å². The third kappa shape index (κ3) is 2.62. The van der Waals surface area contributed by atoms with Crippen LogP contribution < -0.4 is 0 Å². The standard InChI is InChI=1S/C13H20N2O4S/c1-9-13(10(2)19-14-9)20(16,17)15-6-5-12(7-15)18-8-11-3-4-11/h11-12H,3-8H2,1-2H3. The quantitative estimate of drug-likeness (QED) is 0.823. The van der Waals surface area contributed by atoms with Crippen molar-refractivity contribution in [3.05, 3.63) is 11.5 Å². The fraction of sp³-hybridized carbons (Fsp3) is 0.769. The molecule has 7 heteroatoms. The van der Waals surface area contributed by atoms with E-state index >= 15 is 0 Å². The molecule has 1 aromatic heterocycles. The molecule has 1 aliphatic heterocycles. The number of ether oxygens (including phenoxy) is 1. The molecule has 0 radical (unpaired) electrons. The lowest BCUT2D eigenvalue weighted by molar-refractivity contribution is 0.0561. The molecular formula is C13H20N2O4S. The van der Waals surface area contributed by atoms with Gasteiger partial charge in [-0.1, -0.05) is 5.16 Å². The highest BCUT2D eigenvalue weighted by Crippen LogP contribution is 2.31. The van der Waals surface area contributed by atoms with Crippen molar-refractivity contribution < 1.29 is 17.7 Å². The van der Waals surface area contributed by atoms with Crippen LogP contribution in [0.4, 0.5) is 0 Å². The lowest BCUT2D eigenvalue weighted by Gasteiger charge is -2.16. The number of aryl methyl sites for hydroxylation is 2. The second kappa shape index (κ2) is 5.13. The summed E-state index contributed by atoms with van der Waals surface area (Å²) in [6.07, 6.45) is 3.27. The molecule has 1 saturated carbocycles. The molecule has 2 heterocycles. The molecule has 112 valence electrons. The van der Waals surface area contributed by atoms with Crippen LogP contribution >= 0.6 is 0 Å². The average molecular weight is 300 g/mol. The smallest absolute Gasteiger partial charge is 0.248 e. The average Bonchev–Trinajstić information content (AvgIpc) is 2.98. The molecule has 0 aromatic carbocycles. The van der Waals surface area contributed by atoms with Crippen LogP contribution in [-0.4, -0.2) is 43.7 Å². The predicted octanol–water partition coefficient (Wildman–Crippen LogP) is 1.48. The first-order valence-corrected chi connectivity index (χ1v) is 8.47. The highest BCUT2D eigenvalue weighted by Gasteiger charge is 2.37. The Bertz CT molecular complexity index is 572. The molecule has 0 N–H and O–H groups in total. The SMILES string of the molecule is Cc1noc(C)c1S(=O)(=O)N1CCC(OCC2CC2)C1. The van der Waals surface area contributed by atoms with Gasteiger partial charge in [0, 0.05) is 19.7 Å². The van der Waals surface area contributed by atoms with Crippen molar-refractivity contribution >= 4 is 10.0 Å². The molecule has 1 aliphatic carbocycles. The summed E-state index contributed by atoms with van der Waals surface area (Å²) in [5.41, 5.74) is 0.421. The Morgan fingerprint density at radius 2 is 2.10 bits per heavy atom. The summed E-state index contributed by atoms with van der Waals surface area (Å²) in [7, 11) is -3.52. The predicted molar refractivity (Wildman–Crippen MR) is 71.8 cm³/mol. The fourth-order valence-electron chi connectivity index (χ4n) is 2.58. The molecule has 1 unspecified atom stereocenters. The molecule has 0 bridgehead atoms. The Hall–Kier alpha value is -0.920. The minimum atomic E-state index is -3.52. The molecule has 2 aliphatic rings. The third-order valence-corrected chi connectivity index (χ3v) is 6.05. The van der Waals surface area contributed by atoms with E-state index in [1.807, 2.05) is 0 Å². The summed E-state index contributed by atoms with van der Waals surface area (Å²) in [4.78, 5) is 0.209. The molecule has 20 heavy (non-hydrogen) atoms. The maximum absolute atomic E-state index is 12.6. The first kappa shape index (κ1) is 14.0. The van der Waals surface area contributed by atoms with E-state index in [1.54, 1.807) is 13.8 Å². The van der Waals surface area contributed by atoms with Crippen LogP contribution in [0.3, 0.4) is 0 Å². The monoisotopic (exact) mass is 300 g/mol. The van der Waals surface area contributed by atoms with E-state index in [1.165, 1.54) is 17.1 Å². The van der Waals surface area contributed by atoms with E-state index in [0.29, 0.717) is 30.5 Å². The van der Waals surface area contributed by atoms with Gasteiger partial charge in [0.25, 0.3) is 0 Å².